The molecule has 3 rings (SSSR count). The van der Waals surface area contributed by atoms with Crippen molar-refractivity contribution in [2.24, 2.45) is 0 Å². The van der Waals surface area contributed by atoms with Gasteiger partial charge in [-0.1, -0.05) is 0 Å². The maximum absolute atomic E-state index is 11.2. The molecule has 0 radical (unpaired) electrons. The SMILES string of the molecule is Nc1cnc(N(Cc2ccco2)C2CC2)cc1C(=O)O. The molecule has 2 aromatic rings. The minimum absolute atomic E-state index is 0.0834. The summed E-state index contributed by atoms with van der Waals surface area (Å²) in [6.45, 7) is 0.577. The summed E-state index contributed by atoms with van der Waals surface area (Å²) in [6, 6.07) is 5.64. The Hall–Kier alpha value is -2.50. The highest BCUT2D eigenvalue weighted by molar-refractivity contribution is 5.94. The summed E-state index contributed by atoms with van der Waals surface area (Å²) in [5.41, 5.74) is 5.90. The van der Waals surface area contributed by atoms with Gasteiger partial charge in [-0.15, -0.1) is 0 Å². The van der Waals surface area contributed by atoms with Crippen LogP contribution in [0.1, 0.15) is 29.0 Å². The molecule has 1 saturated carbocycles. The van der Waals surface area contributed by atoms with Crippen LogP contribution in [0.3, 0.4) is 0 Å². The Labute approximate surface area is 115 Å². The van der Waals surface area contributed by atoms with Crippen LogP contribution in [0, 0.1) is 0 Å². The van der Waals surface area contributed by atoms with E-state index in [4.69, 9.17) is 15.3 Å². The Morgan fingerprint density at radius 1 is 1.55 bits per heavy atom. The highest BCUT2D eigenvalue weighted by atomic mass is 16.4. The van der Waals surface area contributed by atoms with E-state index in [0.29, 0.717) is 18.4 Å². The van der Waals surface area contributed by atoms with Crippen LogP contribution in [-0.4, -0.2) is 22.1 Å². The number of nitrogen functional groups attached to an aromatic ring is 1. The summed E-state index contributed by atoms with van der Waals surface area (Å²) in [5, 5.41) is 9.14. The molecule has 1 aliphatic rings. The lowest BCUT2D eigenvalue weighted by molar-refractivity contribution is 0.0698. The zero-order chi connectivity index (χ0) is 14.1. The molecule has 0 bridgehead atoms. The molecule has 6 heteroatoms. The topological polar surface area (TPSA) is 92.6 Å². The first-order chi connectivity index (χ1) is 9.65. The summed E-state index contributed by atoms with van der Waals surface area (Å²) in [7, 11) is 0. The molecular formula is C14H15N3O3. The van der Waals surface area contributed by atoms with Crippen molar-refractivity contribution in [1.29, 1.82) is 0 Å². The Kier molecular flexibility index (Phi) is 3.06. The third-order valence-electron chi connectivity index (χ3n) is 3.34. The predicted octanol–water partition coefficient (Wildman–Crippen LogP) is 2.12. The molecular weight excluding hydrogens is 258 g/mol. The Balaban J connectivity index is 1.91. The largest absolute Gasteiger partial charge is 0.478 e. The Morgan fingerprint density at radius 3 is 2.95 bits per heavy atom. The number of nitrogens with zero attached hydrogens (tertiary/aromatic N) is 2. The fourth-order valence-corrected chi connectivity index (χ4v) is 2.15. The van der Waals surface area contributed by atoms with Gasteiger partial charge < -0.3 is 20.2 Å². The van der Waals surface area contributed by atoms with E-state index in [1.165, 1.54) is 12.3 Å². The standard InChI is InChI=1S/C14H15N3O3/c15-12-7-16-13(6-11(12)14(18)19)17(9-3-4-9)8-10-2-1-5-20-10/h1-2,5-7,9H,3-4,8,15H2,(H,18,19). The molecule has 0 spiro atoms. The van der Waals surface area contributed by atoms with Gasteiger partial charge in [-0.25, -0.2) is 9.78 Å². The number of hydrogen-bond acceptors (Lipinski definition) is 5. The molecule has 20 heavy (non-hydrogen) atoms. The first kappa shape index (κ1) is 12.5. The molecule has 0 saturated heterocycles. The number of carbonyl (C=O) groups is 1. The number of furan rings is 1. The van der Waals surface area contributed by atoms with Crippen LogP contribution < -0.4 is 10.6 Å². The zero-order valence-corrected chi connectivity index (χ0v) is 10.8. The van der Waals surface area contributed by atoms with Crippen molar-refractivity contribution >= 4 is 17.5 Å². The molecule has 104 valence electrons. The van der Waals surface area contributed by atoms with Crippen molar-refractivity contribution in [3.05, 3.63) is 42.0 Å². The number of hydrogen-bond donors (Lipinski definition) is 2. The number of pyridine rings is 1. The molecule has 3 N–H and O–H groups in total. The van der Waals surface area contributed by atoms with E-state index in [1.54, 1.807) is 6.26 Å². The monoisotopic (exact) mass is 273 g/mol. The summed E-state index contributed by atoms with van der Waals surface area (Å²) < 4.78 is 5.35. The van der Waals surface area contributed by atoms with E-state index in [2.05, 4.69) is 9.88 Å². The van der Waals surface area contributed by atoms with Crippen molar-refractivity contribution in [3.63, 3.8) is 0 Å². The molecule has 6 nitrogen and oxygen atoms in total. The zero-order valence-electron chi connectivity index (χ0n) is 10.8. The minimum Gasteiger partial charge on any atom is -0.478 e. The number of aromatic nitrogens is 1. The van der Waals surface area contributed by atoms with Crippen LogP contribution in [0.2, 0.25) is 0 Å². The fraction of sp³-hybridized carbons (Fsp3) is 0.286. The number of rotatable bonds is 5. The molecule has 0 amide bonds. The lowest BCUT2D eigenvalue weighted by Crippen LogP contribution is -2.26. The van der Waals surface area contributed by atoms with Gasteiger partial charge in [0.25, 0.3) is 0 Å². The highest BCUT2D eigenvalue weighted by Crippen LogP contribution is 2.33. The number of carboxylic acid groups (broad SMARTS) is 1. The second-order valence-corrected chi connectivity index (χ2v) is 4.87. The summed E-state index contributed by atoms with van der Waals surface area (Å²) in [4.78, 5) is 17.5. The Morgan fingerprint density at radius 2 is 2.35 bits per heavy atom. The summed E-state index contributed by atoms with van der Waals surface area (Å²) in [5.74, 6) is 0.405. The summed E-state index contributed by atoms with van der Waals surface area (Å²) in [6.07, 6.45) is 5.18. The maximum atomic E-state index is 11.2. The molecule has 0 atom stereocenters. The molecule has 0 aliphatic heterocycles. The quantitative estimate of drug-likeness (QED) is 0.866. The number of aromatic carboxylic acids is 1. The fourth-order valence-electron chi connectivity index (χ4n) is 2.15. The highest BCUT2D eigenvalue weighted by Gasteiger charge is 2.31. The van der Waals surface area contributed by atoms with E-state index >= 15 is 0 Å². The van der Waals surface area contributed by atoms with Gasteiger partial charge in [0.05, 0.1) is 30.3 Å². The average molecular weight is 273 g/mol. The van der Waals surface area contributed by atoms with Gasteiger partial charge >= 0.3 is 5.97 Å². The lowest BCUT2D eigenvalue weighted by atomic mass is 10.2. The first-order valence-electron chi connectivity index (χ1n) is 6.43. The van der Waals surface area contributed by atoms with E-state index in [1.807, 2.05) is 12.1 Å². The predicted molar refractivity (Wildman–Crippen MR) is 73.5 cm³/mol. The first-order valence-corrected chi connectivity index (χ1v) is 6.43. The third-order valence-corrected chi connectivity index (χ3v) is 3.34. The second kappa shape index (κ2) is 4.88. The number of anilines is 2. The summed E-state index contributed by atoms with van der Waals surface area (Å²) >= 11 is 0. The van der Waals surface area contributed by atoms with Gasteiger partial charge in [0, 0.05) is 6.04 Å². The van der Waals surface area contributed by atoms with E-state index in [9.17, 15) is 4.79 Å². The maximum Gasteiger partial charge on any atom is 0.337 e. The van der Waals surface area contributed by atoms with Gasteiger partial charge in [0.15, 0.2) is 0 Å². The number of carboxylic acids is 1. The molecule has 1 aliphatic carbocycles. The van der Waals surface area contributed by atoms with Gasteiger partial charge in [-0.05, 0) is 31.0 Å². The minimum atomic E-state index is -1.04. The van der Waals surface area contributed by atoms with Crippen LogP contribution in [0.5, 0.6) is 0 Å². The van der Waals surface area contributed by atoms with E-state index < -0.39 is 5.97 Å². The van der Waals surface area contributed by atoms with Gasteiger partial charge in [0.2, 0.25) is 0 Å². The molecule has 2 aromatic heterocycles. The average Bonchev–Trinajstić information content (AvgIpc) is 3.14. The molecule has 2 heterocycles. The van der Waals surface area contributed by atoms with Crippen molar-refractivity contribution in [2.75, 3.05) is 10.6 Å². The number of nitrogens with two attached hydrogens (primary N) is 1. The van der Waals surface area contributed by atoms with Gasteiger partial charge in [-0.3, -0.25) is 0 Å². The van der Waals surface area contributed by atoms with Crippen LogP contribution in [0.25, 0.3) is 0 Å². The van der Waals surface area contributed by atoms with Crippen LogP contribution in [0.4, 0.5) is 11.5 Å². The lowest BCUT2D eigenvalue weighted by Gasteiger charge is -2.22. The van der Waals surface area contributed by atoms with Crippen molar-refractivity contribution < 1.29 is 14.3 Å². The van der Waals surface area contributed by atoms with E-state index in [0.717, 1.165) is 18.6 Å². The molecule has 0 aromatic carbocycles. The normalized spacial score (nSPS) is 14.2. The molecule has 0 unspecified atom stereocenters. The Bertz CT molecular complexity index is 621. The van der Waals surface area contributed by atoms with Gasteiger partial charge in [0.1, 0.15) is 11.6 Å². The van der Waals surface area contributed by atoms with Crippen LogP contribution in [-0.2, 0) is 6.54 Å². The van der Waals surface area contributed by atoms with Crippen LogP contribution >= 0.6 is 0 Å². The van der Waals surface area contributed by atoms with E-state index in [-0.39, 0.29) is 11.3 Å². The van der Waals surface area contributed by atoms with Gasteiger partial charge in [-0.2, -0.15) is 0 Å². The molecule has 1 fully saturated rings. The van der Waals surface area contributed by atoms with Crippen molar-refractivity contribution in [2.45, 2.75) is 25.4 Å². The third kappa shape index (κ3) is 2.45. The van der Waals surface area contributed by atoms with Crippen molar-refractivity contribution in [1.82, 2.24) is 4.98 Å². The second-order valence-electron chi connectivity index (χ2n) is 4.87. The smallest absolute Gasteiger partial charge is 0.337 e. The van der Waals surface area contributed by atoms with Crippen molar-refractivity contribution in [3.8, 4) is 0 Å². The van der Waals surface area contributed by atoms with Crippen LogP contribution in [0.15, 0.2) is 35.1 Å².